The topological polar surface area (TPSA) is 26.9 Å². The van der Waals surface area contributed by atoms with Crippen LogP contribution in [0.1, 0.15) is 18.1 Å². The average molecular weight is 266 g/mol. The van der Waals surface area contributed by atoms with E-state index in [1.54, 1.807) is 0 Å². The van der Waals surface area contributed by atoms with Gasteiger partial charge in [-0.15, -0.1) is 0 Å². The Kier molecular flexibility index (Phi) is 2.21. The molecule has 0 amide bonds. The van der Waals surface area contributed by atoms with Crippen LogP contribution in [0, 0.1) is 19.8 Å². The lowest BCUT2D eigenvalue weighted by Crippen LogP contribution is -2.32. The van der Waals surface area contributed by atoms with Crippen LogP contribution in [0.25, 0.3) is 21.9 Å². The van der Waals surface area contributed by atoms with E-state index in [-0.39, 0.29) is 5.56 Å². The van der Waals surface area contributed by atoms with Gasteiger partial charge in [-0.1, -0.05) is 25.1 Å². The lowest BCUT2D eigenvalue weighted by molar-refractivity contribution is 0.392. The van der Waals surface area contributed by atoms with Crippen LogP contribution >= 0.6 is 0 Å². The van der Waals surface area contributed by atoms with Crippen molar-refractivity contribution in [3.05, 3.63) is 45.7 Å². The first-order chi connectivity index (χ1) is 9.59. The summed E-state index contributed by atoms with van der Waals surface area (Å²) in [5, 5.41) is 2.52. The molecule has 4 rings (SSSR count). The first-order valence-corrected chi connectivity index (χ1v) is 7.20. The Hall–Kier alpha value is -2.03. The Bertz CT molecular complexity index is 914. The van der Waals surface area contributed by atoms with Crippen molar-refractivity contribution in [1.29, 1.82) is 0 Å². The summed E-state index contributed by atoms with van der Waals surface area (Å²) in [6, 6.07) is 8.49. The van der Waals surface area contributed by atoms with Crippen LogP contribution < -0.4 is 5.56 Å². The van der Waals surface area contributed by atoms with Crippen LogP contribution in [-0.2, 0) is 13.1 Å². The number of rotatable bonds is 0. The van der Waals surface area contributed by atoms with Crippen LogP contribution in [0.15, 0.2) is 29.1 Å². The fourth-order valence-corrected chi connectivity index (χ4v) is 3.62. The van der Waals surface area contributed by atoms with Crippen LogP contribution in [0.2, 0.25) is 0 Å². The number of hydrogen-bond acceptors (Lipinski definition) is 1. The van der Waals surface area contributed by atoms with Crippen molar-refractivity contribution < 1.29 is 0 Å². The zero-order valence-electron chi connectivity index (χ0n) is 12.1. The van der Waals surface area contributed by atoms with Crippen molar-refractivity contribution in [2.24, 2.45) is 5.92 Å². The van der Waals surface area contributed by atoms with E-state index >= 15 is 0 Å². The molecule has 0 unspecified atom stereocenters. The molecule has 0 aliphatic carbocycles. The third-order valence-electron chi connectivity index (χ3n) is 4.69. The van der Waals surface area contributed by atoms with Gasteiger partial charge in [-0.3, -0.25) is 9.36 Å². The number of pyridine rings is 1. The molecule has 0 radical (unpaired) electrons. The molecule has 102 valence electrons. The van der Waals surface area contributed by atoms with Crippen molar-refractivity contribution in [2.75, 3.05) is 0 Å². The van der Waals surface area contributed by atoms with Gasteiger partial charge < -0.3 is 4.57 Å². The molecule has 0 N–H and O–H groups in total. The molecule has 3 heteroatoms. The van der Waals surface area contributed by atoms with E-state index in [2.05, 4.69) is 42.7 Å². The number of aromatic nitrogens is 2. The fourth-order valence-electron chi connectivity index (χ4n) is 3.62. The van der Waals surface area contributed by atoms with Crippen molar-refractivity contribution in [3.63, 3.8) is 0 Å². The second-order valence-electron chi connectivity index (χ2n) is 6.10. The maximum atomic E-state index is 12.6. The lowest BCUT2D eigenvalue weighted by atomic mass is 10.0. The number of benzene rings is 1. The molecule has 0 fully saturated rings. The van der Waals surface area contributed by atoms with Crippen molar-refractivity contribution in [2.45, 2.75) is 33.9 Å². The molecule has 3 heterocycles. The summed E-state index contributed by atoms with van der Waals surface area (Å²) in [6.07, 6.45) is 0. The third kappa shape index (κ3) is 1.28. The van der Waals surface area contributed by atoms with E-state index < -0.39 is 0 Å². The molecule has 0 spiro atoms. The molecule has 3 nitrogen and oxygen atoms in total. The van der Waals surface area contributed by atoms with E-state index in [1.165, 1.54) is 16.3 Å². The lowest BCUT2D eigenvalue weighted by Gasteiger charge is -2.24. The van der Waals surface area contributed by atoms with E-state index in [0.717, 1.165) is 29.9 Å². The van der Waals surface area contributed by atoms with Crippen molar-refractivity contribution >= 4 is 21.9 Å². The zero-order valence-corrected chi connectivity index (χ0v) is 12.1. The molecule has 1 atom stereocenters. The quantitative estimate of drug-likeness (QED) is 0.613. The number of hydrogen-bond donors (Lipinski definition) is 0. The summed E-state index contributed by atoms with van der Waals surface area (Å²) in [5.74, 6) is 0.487. The number of nitrogens with zero attached hydrogens (tertiary/aromatic N) is 2. The highest BCUT2D eigenvalue weighted by Gasteiger charge is 2.24. The van der Waals surface area contributed by atoms with E-state index in [9.17, 15) is 4.79 Å². The molecule has 3 aromatic rings. The minimum Gasteiger partial charge on any atom is -0.326 e. The van der Waals surface area contributed by atoms with Gasteiger partial charge in [-0.25, -0.2) is 0 Å². The molecular formula is C17H18N2O. The Labute approximate surface area is 117 Å². The number of fused-ring (bicyclic) bond motifs is 3. The molecule has 0 bridgehead atoms. The Morgan fingerprint density at radius 3 is 2.55 bits per heavy atom. The second-order valence-corrected chi connectivity index (χ2v) is 6.10. The highest BCUT2D eigenvalue weighted by Crippen LogP contribution is 2.34. The normalized spacial score (nSPS) is 18.1. The molecule has 1 aliphatic rings. The van der Waals surface area contributed by atoms with Crippen LogP contribution in [0.4, 0.5) is 0 Å². The molecule has 0 saturated heterocycles. The van der Waals surface area contributed by atoms with Gasteiger partial charge in [-0.05, 0) is 31.4 Å². The van der Waals surface area contributed by atoms with Gasteiger partial charge in [0.1, 0.15) is 5.65 Å². The molecule has 1 aromatic carbocycles. The molecule has 2 aromatic heterocycles. The van der Waals surface area contributed by atoms with E-state index in [0.29, 0.717) is 5.92 Å². The predicted octanol–water partition coefficient (Wildman–Crippen LogP) is 3.22. The maximum absolute atomic E-state index is 12.6. The van der Waals surface area contributed by atoms with Gasteiger partial charge in [0.25, 0.3) is 5.56 Å². The van der Waals surface area contributed by atoms with Gasteiger partial charge in [-0.2, -0.15) is 0 Å². The molecule has 1 aliphatic heterocycles. The van der Waals surface area contributed by atoms with Gasteiger partial charge >= 0.3 is 0 Å². The van der Waals surface area contributed by atoms with Gasteiger partial charge in [0.15, 0.2) is 0 Å². The standard InChI is InChI=1S/C17H18N2O/c1-10-8-18-14-7-5-4-6-13(14)15-11(2)12(3)17(20)19(9-10)16(15)18/h4-7,10H,8-9H2,1-3H3/t10-/m1/s1. The van der Waals surface area contributed by atoms with Crippen LogP contribution in [0.5, 0.6) is 0 Å². The Morgan fingerprint density at radius 2 is 1.75 bits per heavy atom. The number of aryl methyl sites for hydroxylation is 1. The van der Waals surface area contributed by atoms with Gasteiger partial charge in [0.2, 0.25) is 0 Å². The van der Waals surface area contributed by atoms with Crippen LogP contribution in [-0.4, -0.2) is 9.13 Å². The first-order valence-electron chi connectivity index (χ1n) is 7.20. The summed E-state index contributed by atoms with van der Waals surface area (Å²) in [4.78, 5) is 12.6. The summed E-state index contributed by atoms with van der Waals surface area (Å²) in [5.41, 5.74) is 4.54. The third-order valence-corrected chi connectivity index (χ3v) is 4.69. The summed E-state index contributed by atoms with van der Waals surface area (Å²) in [6.45, 7) is 8.06. The molecular weight excluding hydrogens is 248 g/mol. The summed E-state index contributed by atoms with van der Waals surface area (Å²) in [7, 11) is 0. The second kappa shape index (κ2) is 3.75. The van der Waals surface area contributed by atoms with Gasteiger partial charge in [0, 0.05) is 29.4 Å². The highest BCUT2D eigenvalue weighted by atomic mass is 16.1. The number of para-hydroxylation sites is 1. The van der Waals surface area contributed by atoms with Crippen molar-refractivity contribution in [1.82, 2.24) is 9.13 Å². The zero-order chi connectivity index (χ0) is 14.0. The smallest absolute Gasteiger partial charge is 0.255 e. The summed E-state index contributed by atoms with van der Waals surface area (Å²) >= 11 is 0. The summed E-state index contributed by atoms with van der Waals surface area (Å²) < 4.78 is 4.30. The monoisotopic (exact) mass is 266 g/mol. The Balaban J connectivity index is 2.38. The van der Waals surface area contributed by atoms with E-state index in [4.69, 9.17) is 0 Å². The van der Waals surface area contributed by atoms with E-state index in [1.807, 2.05) is 11.5 Å². The molecule has 0 saturated carbocycles. The maximum Gasteiger partial charge on any atom is 0.255 e. The predicted molar refractivity (Wildman–Crippen MR) is 82.3 cm³/mol. The largest absolute Gasteiger partial charge is 0.326 e. The average Bonchev–Trinajstić information content (AvgIpc) is 2.77. The first kappa shape index (κ1) is 11.8. The fraction of sp³-hybridized carbons (Fsp3) is 0.353. The Morgan fingerprint density at radius 1 is 1.05 bits per heavy atom. The minimum atomic E-state index is 0.172. The minimum absolute atomic E-state index is 0.172. The van der Waals surface area contributed by atoms with Gasteiger partial charge in [0.05, 0.1) is 5.52 Å². The van der Waals surface area contributed by atoms with Crippen molar-refractivity contribution in [3.8, 4) is 0 Å². The molecule has 20 heavy (non-hydrogen) atoms. The van der Waals surface area contributed by atoms with Crippen LogP contribution in [0.3, 0.4) is 0 Å². The highest BCUT2D eigenvalue weighted by molar-refractivity contribution is 6.08. The SMILES string of the molecule is Cc1c(C)c2c3ccccc3n3c2n(c1=O)C[C@H](C)C3.